The number of nitrogens with one attached hydrogen (secondary N) is 1. The first kappa shape index (κ1) is 13.5. The number of rotatable bonds is 4. The van der Waals surface area contributed by atoms with Gasteiger partial charge < -0.3 is 5.32 Å². The second-order valence-electron chi connectivity index (χ2n) is 5.34. The molecule has 1 aromatic carbocycles. The Bertz CT molecular complexity index is 405. The molecule has 1 N–H and O–H groups in total. The Labute approximate surface area is 108 Å². The minimum Gasteiger partial charge on any atom is -0.310 e. The molecule has 1 aliphatic carbocycles. The smallest absolute Gasteiger partial charge is 0.159 e. The highest BCUT2D eigenvalue weighted by molar-refractivity contribution is 5.17. The molecule has 0 bridgehead atoms. The zero-order valence-electron chi connectivity index (χ0n) is 11.0. The van der Waals surface area contributed by atoms with Gasteiger partial charge in [0.1, 0.15) is 0 Å². The fourth-order valence-corrected chi connectivity index (χ4v) is 3.01. The van der Waals surface area contributed by atoms with Gasteiger partial charge >= 0.3 is 0 Å². The number of hydrogen-bond acceptors (Lipinski definition) is 1. The van der Waals surface area contributed by atoms with E-state index < -0.39 is 11.6 Å². The van der Waals surface area contributed by atoms with Crippen LogP contribution in [-0.2, 0) is 6.54 Å². The highest BCUT2D eigenvalue weighted by Crippen LogP contribution is 2.33. The van der Waals surface area contributed by atoms with Crippen LogP contribution in [0, 0.1) is 23.5 Å². The predicted molar refractivity (Wildman–Crippen MR) is 69.2 cm³/mol. The lowest BCUT2D eigenvalue weighted by molar-refractivity contribution is 0.344. The van der Waals surface area contributed by atoms with E-state index in [9.17, 15) is 8.78 Å². The average molecular weight is 253 g/mol. The molecule has 0 aliphatic heterocycles. The SMILES string of the molecule is CCC1CCC(NCc2ccc(F)c(F)c2)C1C. The summed E-state index contributed by atoms with van der Waals surface area (Å²) in [5, 5.41) is 3.47. The Morgan fingerprint density at radius 2 is 2.00 bits per heavy atom. The number of benzene rings is 1. The van der Waals surface area contributed by atoms with Gasteiger partial charge in [0, 0.05) is 12.6 Å². The van der Waals surface area contributed by atoms with Crippen molar-refractivity contribution in [3.05, 3.63) is 35.4 Å². The molecular formula is C15H21F2N. The Hall–Kier alpha value is -0.960. The summed E-state index contributed by atoms with van der Waals surface area (Å²) in [5.41, 5.74) is 0.807. The molecule has 0 aromatic heterocycles. The molecule has 3 atom stereocenters. The van der Waals surface area contributed by atoms with Crippen molar-refractivity contribution >= 4 is 0 Å². The molecule has 1 aliphatic rings. The maximum absolute atomic E-state index is 13.1. The minimum atomic E-state index is -0.779. The fraction of sp³-hybridized carbons (Fsp3) is 0.600. The summed E-state index contributed by atoms with van der Waals surface area (Å²) in [7, 11) is 0. The summed E-state index contributed by atoms with van der Waals surface area (Å²) >= 11 is 0. The fourth-order valence-electron chi connectivity index (χ4n) is 3.01. The van der Waals surface area contributed by atoms with Crippen LogP contribution in [0.4, 0.5) is 8.78 Å². The van der Waals surface area contributed by atoms with Gasteiger partial charge in [0.25, 0.3) is 0 Å². The van der Waals surface area contributed by atoms with Crippen LogP contribution in [0.15, 0.2) is 18.2 Å². The van der Waals surface area contributed by atoms with Gasteiger partial charge in [-0.15, -0.1) is 0 Å². The minimum absolute atomic E-state index is 0.503. The van der Waals surface area contributed by atoms with E-state index in [-0.39, 0.29) is 0 Å². The number of hydrogen-bond donors (Lipinski definition) is 1. The third kappa shape index (κ3) is 2.89. The molecule has 1 aromatic rings. The first-order chi connectivity index (χ1) is 8.61. The molecule has 0 amide bonds. The third-order valence-electron chi connectivity index (χ3n) is 4.30. The van der Waals surface area contributed by atoms with Crippen molar-refractivity contribution < 1.29 is 8.78 Å². The molecule has 0 saturated heterocycles. The molecule has 1 nitrogen and oxygen atoms in total. The van der Waals surface area contributed by atoms with Crippen molar-refractivity contribution in [2.24, 2.45) is 11.8 Å². The molecule has 18 heavy (non-hydrogen) atoms. The Morgan fingerprint density at radius 3 is 2.61 bits per heavy atom. The molecule has 0 spiro atoms. The van der Waals surface area contributed by atoms with Crippen molar-refractivity contribution in [3.8, 4) is 0 Å². The van der Waals surface area contributed by atoms with Gasteiger partial charge in [0.2, 0.25) is 0 Å². The molecule has 0 heterocycles. The van der Waals surface area contributed by atoms with Crippen LogP contribution in [0.3, 0.4) is 0 Å². The second-order valence-corrected chi connectivity index (χ2v) is 5.34. The Morgan fingerprint density at radius 1 is 1.22 bits per heavy atom. The maximum atomic E-state index is 13.1. The van der Waals surface area contributed by atoms with Gasteiger partial charge in [-0.3, -0.25) is 0 Å². The van der Waals surface area contributed by atoms with Crippen LogP contribution in [0.5, 0.6) is 0 Å². The molecule has 3 unspecified atom stereocenters. The monoisotopic (exact) mass is 253 g/mol. The van der Waals surface area contributed by atoms with E-state index >= 15 is 0 Å². The summed E-state index contributed by atoms with van der Waals surface area (Å²) in [4.78, 5) is 0. The summed E-state index contributed by atoms with van der Waals surface area (Å²) in [6.45, 7) is 5.13. The van der Waals surface area contributed by atoms with Crippen molar-refractivity contribution in [2.45, 2.75) is 45.7 Å². The zero-order valence-corrected chi connectivity index (χ0v) is 11.0. The van der Waals surface area contributed by atoms with E-state index in [1.54, 1.807) is 6.07 Å². The van der Waals surface area contributed by atoms with Crippen molar-refractivity contribution in [1.29, 1.82) is 0 Å². The zero-order chi connectivity index (χ0) is 13.1. The lowest BCUT2D eigenvalue weighted by atomic mass is 9.93. The normalized spacial score (nSPS) is 27.7. The van der Waals surface area contributed by atoms with Crippen LogP contribution in [0.25, 0.3) is 0 Å². The third-order valence-corrected chi connectivity index (χ3v) is 4.30. The average Bonchev–Trinajstić information content (AvgIpc) is 2.72. The first-order valence-electron chi connectivity index (χ1n) is 6.79. The Balaban J connectivity index is 1.90. The van der Waals surface area contributed by atoms with Crippen LogP contribution in [0.1, 0.15) is 38.7 Å². The maximum Gasteiger partial charge on any atom is 0.159 e. The van der Waals surface area contributed by atoms with Gasteiger partial charge in [-0.2, -0.15) is 0 Å². The molecular weight excluding hydrogens is 232 g/mol. The van der Waals surface area contributed by atoms with Gasteiger partial charge in [0.05, 0.1) is 0 Å². The summed E-state index contributed by atoms with van der Waals surface area (Å²) < 4.78 is 25.9. The van der Waals surface area contributed by atoms with Crippen LogP contribution in [0.2, 0.25) is 0 Å². The Kier molecular flexibility index (Phi) is 4.33. The molecule has 1 saturated carbocycles. The van der Waals surface area contributed by atoms with E-state index in [0.29, 0.717) is 18.5 Å². The van der Waals surface area contributed by atoms with Crippen molar-refractivity contribution in [1.82, 2.24) is 5.32 Å². The lowest BCUT2D eigenvalue weighted by Crippen LogP contribution is -2.32. The highest BCUT2D eigenvalue weighted by Gasteiger charge is 2.30. The van der Waals surface area contributed by atoms with Crippen LogP contribution in [-0.4, -0.2) is 6.04 Å². The largest absolute Gasteiger partial charge is 0.310 e. The molecule has 100 valence electrons. The van der Waals surface area contributed by atoms with E-state index in [2.05, 4.69) is 19.2 Å². The molecule has 1 fully saturated rings. The lowest BCUT2D eigenvalue weighted by Gasteiger charge is -2.21. The van der Waals surface area contributed by atoms with Gasteiger partial charge in [-0.1, -0.05) is 26.3 Å². The van der Waals surface area contributed by atoms with Gasteiger partial charge in [0.15, 0.2) is 11.6 Å². The van der Waals surface area contributed by atoms with Gasteiger partial charge in [-0.25, -0.2) is 8.78 Å². The van der Waals surface area contributed by atoms with Gasteiger partial charge in [-0.05, 0) is 42.4 Å². The van der Waals surface area contributed by atoms with E-state index in [1.165, 1.54) is 31.4 Å². The summed E-state index contributed by atoms with van der Waals surface area (Å²) in [6.07, 6.45) is 3.68. The van der Waals surface area contributed by atoms with Crippen molar-refractivity contribution in [3.63, 3.8) is 0 Å². The number of halogens is 2. The topological polar surface area (TPSA) is 12.0 Å². The molecule has 2 rings (SSSR count). The second kappa shape index (κ2) is 5.79. The predicted octanol–water partition coefficient (Wildman–Crippen LogP) is 3.88. The van der Waals surface area contributed by atoms with E-state index in [1.807, 2.05) is 0 Å². The van der Waals surface area contributed by atoms with Crippen LogP contribution < -0.4 is 5.32 Å². The first-order valence-corrected chi connectivity index (χ1v) is 6.79. The van der Waals surface area contributed by atoms with E-state index in [0.717, 1.165) is 11.5 Å². The quantitative estimate of drug-likeness (QED) is 0.858. The summed E-state index contributed by atoms with van der Waals surface area (Å²) in [6, 6.07) is 4.61. The van der Waals surface area contributed by atoms with E-state index in [4.69, 9.17) is 0 Å². The molecule has 0 radical (unpaired) electrons. The van der Waals surface area contributed by atoms with Crippen LogP contribution >= 0.6 is 0 Å². The standard InChI is InChI=1S/C15H21F2N/c1-3-12-5-7-15(10(12)2)18-9-11-4-6-13(16)14(17)8-11/h4,6,8,10,12,15,18H,3,5,7,9H2,1-2H3. The highest BCUT2D eigenvalue weighted by atomic mass is 19.2. The summed E-state index contributed by atoms with van der Waals surface area (Å²) in [5.74, 6) is -0.0769. The van der Waals surface area contributed by atoms with Crippen molar-refractivity contribution in [2.75, 3.05) is 0 Å². The molecule has 3 heteroatoms.